The van der Waals surface area contributed by atoms with E-state index >= 15 is 0 Å². The summed E-state index contributed by atoms with van der Waals surface area (Å²) in [5.41, 5.74) is 7.47. The van der Waals surface area contributed by atoms with Crippen LogP contribution in [-0.4, -0.2) is 38.1 Å². The van der Waals surface area contributed by atoms with Crippen LogP contribution in [0.3, 0.4) is 0 Å². The fraction of sp³-hybridized carbons (Fsp3) is 0.278. The molecule has 4 rings (SSSR count). The largest absolute Gasteiger partial charge is 0.356 e. The third-order valence-corrected chi connectivity index (χ3v) is 5.10. The minimum atomic E-state index is -0.605. The van der Waals surface area contributed by atoms with Crippen molar-refractivity contribution < 1.29 is 9.60 Å². The van der Waals surface area contributed by atoms with Crippen molar-refractivity contribution in [2.75, 3.05) is 16.9 Å². The summed E-state index contributed by atoms with van der Waals surface area (Å²) >= 11 is 5.77. The van der Waals surface area contributed by atoms with Gasteiger partial charge in [0.25, 0.3) is 0 Å². The van der Waals surface area contributed by atoms with E-state index in [0.717, 1.165) is 25.3 Å². The summed E-state index contributed by atoms with van der Waals surface area (Å²) in [6, 6.07) is 5.28. The Balaban J connectivity index is 1.56. The topological polar surface area (TPSA) is 127 Å². The van der Waals surface area contributed by atoms with Crippen LogP contribution in [0.1, 0.15) is 24.8 Å². The van der Waals surface area contributed by atoms with E-state index in [0.29, 0.717) is 34.3 Å². The number of nitrogens with two attached hydrogens (primary N) is 1. The Bertz CT molecular complexity index is 1050. The fourth-order valence-corrected chi connectivity index (χ4v) is 3.07. The van der Waals surface area contributed by atoms with Crippen LogP contribution in [-0.2, 0) is 0 Å². The lowest BCUT2D eigenvalue weighted by Gasteiger charge is -2.18. The van der Waals surface area contributed by atoms with E-state index in [1.54, 1.807) is 6.07 Å². The average molecular weight is 404 g/mol. The number of nitrogens with zero attached hydrogens (tertiary/aromatic N) is 3. The zero-order valence-corrected chi connectivity index (χ0v) is 15.6. The van der Waals surface area contributed by atoms with Crippen molar-refractivity contribution in [3.63, 3.8) is 0 Å². The normalized spacial score (nSPS) is 14.9. The number of anilines is 2. The lowest BCUT2D eigenvalue weighted by Crippen LogP contribution is -2.27. The molecule has 1 fully saturated rings. The van der Waals surface area contributed by atoms with Crippen molar-refractivity contribution in [1.82, 2.24) is 15.0 Å². The highest BCUT2D eigenvalue weighted by Crippen LogP contribution is 2.35. The zero-order chi connectivity index (χ0) is 19.9. The number of hydrogen-bond donors (Lipinski definition) is 5. The van der Waals surface area contributed by atoms with Gasteiger partial charge in [0.15, 0.2) is 11.5 Å². The third kappa shape index (κ3) is 3.64. The van der Waals surface area contributed by atoms with Crippen molar-refractivity contribution in [2.45, 2.75) is 24.8 Å². The maximum atomic E-state index is 13.4. The van der Waals surface area contributed by atoms with Gasteiger partial charge in [-0.1, -0.05) is 11.6 Å². The Morgan fingerprint density at radius 3 is 2.93 bits per heavy atom. The number of rotatable bonds is 6. The average Bonchev–Trinajstić information content (AvgIpc) is 3.25. The number of fused-ring (bicyclic) bond motifs is 1. The summed E-state index contributed by atoms with van der Waals surface area (Å²) in [5, 5.41) is 22.4. The highest BCUT2D eigenvalue weighted by Gasteiger charge is 2.37. The number of halogens is 2. The molecule has 28 heavy (non-hydrogen) atoms. The molecule has 1 aliphatic rings. The number of imidazole rings is 1. The van der Waals surface area contributed by atoms with Gasteiger partial charge in [0.2, 0.25) is 5.95 Å². The van der Waals surface area contributed by atoms with E-state index in [1.165, 1.54) is 18.3 Å². The van der Waals surface area contributed by atoms with Crippen molar-refractivity contribution in [2.24, 2.45) is 5.73 Å². The molecule has 0 unspecified atom stereocenters. The number of pyridine rings is 1. The highest BCUT2D eigenvalue weighted by atomic mass is 35.5. The minimum absolute atomic E-state index is 0.0572. The Labute approximate surface area is 165 Å². The van der Waals surface area contributed by atoms with Crippen LogP contribution < -0.4 is 16.1 Å². The molecule has 1 aliphatic carbocycles. The van der Waals surface area contributed by atoms with E-state index in [4.69, 9.17) is 22.7 Å². The van der Waals surface area contributed by atoms with Gasteiger partial charge in [-0.05, 0) is 43.5 Å². The first kappa shape index (κ1) is 18.6. The number of H-pyrrole nitrogens is 1. The second-order valence-corrected chi connectivity index (χ2v) is 7.35. The monoisotopic (exact) mass is 403 g/mol. The lowest BCUT2D eigenvalue weighted by molar-refractivity contribution is 0.312. The van der Waals surface area contributed by atoms with Crippen LogP contribution in [0.25, 0.3) is 11.2 Å². The molecule has 2 aromatic heterocycles. The predicted molar refractivity (Wildman–Crippen MR) is 106 cm³/mol. The van der Waals surface area contributed by atoms with E-state index < -0.39 is 5.82 Å². The first-order chi connectivity index (χ1) is 13.4. The summed E-state index contributed by atoms with van der Waals surface area (Å²) in [6.45, 7) is 0.670. The molecule has 2 heterocycles. The number of benzene rings is 1. The van der Waals surface area contributed by atoms with Gasteiger partial charge < -0.3 is 16.0 Å². The van der Waals surface area contributed by atoms with E-state index in [9.17, 15) is 9.60 Å². The van der Waals surface area contributed by atoms with Gasteiger partial charge in [0, 0.05) is 23.8 Å². The number of hydrogen-bond acceptors (Lipinski definition) is 6. The van der Waals surface area contributed by atoms with E-state index in [1.807, 2.05) is 0 Å². The maximum absolute atomic E-state index is 13.4. The quantitative estimate of drug-likeness (QED) is 0.244. The molecule has 3 aromatic rings. The van der Waals surface area contributed by atoms with Gasteiger partial charge in [-0.3, -0.25) is 10.6 Å². The molecule has 0 aliphatic heterocycles. The third-order valence-electron chi connectivity index (χ3n) is 4.81. The summed E-state index contributed by atoms with van der Waals surface area (Å²) in [6.07, 6.45) is 4.42. The molecule has 0 radical (unpaired) electrons. The summed E-state index contributed by atoms with van der Waals surface area (Å²) in [5.74, 6) is -0.322. The standard InChI is InChI=1S/C18H19ClFN7O/c19-12-9-10(1-2-13(12)20)27(28)15(21)11-3-7-23-16-14(11)25-17(26-16)24-8-6-18(22)4-5-18/h1-3,7,9,21,28H,4-6,8,22H2,(H2,23,24,25,26). The van der Waals surface area contributed by atoms with Crippen molar-refractivity contribution in [3.05, 3.63) is 46.9 Å². The molecule has 0 amide bonds. The first-order valence-corrected chi connectivity index (χ1v) is 9.15. The zero-order valence-electron chi connectivity index (χ0n) is 14.8. The number of nitrogens with one attached hydrogen (secondary N) is 3. The SMILES string of the molecule is N=C(c1ccnc2nc(NCCC3(N)CC3)[nH]c12)N(O)c1ccc(F)c(Cl)c1. The van der Waals surface area contributed by atoms with Gasteiger partial charge in [-0.15, -0.1) is 0 Å². The Kier molecular flexibility index (Phi) is 4.66. The molecule has 0 atom stereocenters. The molecular weight excluding hydrogens is 385 g/mol. The number of hydroxylamine groups is 1. The fourth-order valence-electron chi connectivity index (χ4n) is 2.89. The molecule has 1 saturated carbocycles. The summed E-state index contributed by atoms with van der Waals surface area (Å²) in [7, 11) is 0. The van der Waals surface area contributed by atoms with Gasteiger partial charge >= 0.3 is 0 Å². The molecular formula is C18H19ClFN7O. The van der Waals surface area contributed by atoms with Gasteiger partial charge in [0.05, 0.1) is 16.2 Å². The Morgan fingerprint density at radius 1 is 1.43 bits per heavy atom. The summed E-state index contributed by atoms with van der Waals surface area (Å²) in [4.78, 5) is 11.7. The highest BCUT2D eigenvalue weighted by molar-refractivity contribution is 6.31. The summed E-state index contributed by atoms with van der Waals surface area (Å²) < 4.78 is 13.4. The van der Waals surface area contributed by atoms with Gasteiger partial charge in [0.1, 0.15) is 5.82 Å². The van der Waals surface area contributed by atoms with Crippen LogP contribution in [0, 0.1) is 11.2 Å². The number of amidine groups is 1. The minimum Gasteiger partial charge on any atom is -0.356 e. The van der Waals surface area contributed by atoms with Crippen molar-refractivity contribution >= 4 is 40.2 Å². The molecule has 10 heteroatoms. The van der Waals surface area contributed by atoms with Crippen molar-refractivity contribution in [3.8, 4) is 0 Å². The Hall–Kier alpha value is -2.75. The molecule has 1 aromatic carbocycles. The first-order valence-electron chi connectivity index (χ1n) is 8.77. The molecule has 8 nitrogen and oxygen atoms in total. The molecule has 0 saturated heterocycles. The van der Waals surface area contributed by atoms with Crippen LogP contribution in [0.5, 0.6) is 0 Å². The molecule has 146 valence electrons. The van der Waals surface area contributed by atoms with Crippen LogP contribution in [0.2, 0.25) is 5.02 Å². The lowest BCUT2D eigenvalue weighted by atomic mass is 10.2. The van der Waals surface area contributed by atoms with Crippen LogP contribution in [0.15, 0.2) is 30.5 Å². The van der Waals surface area contributed by atoms with Gasteiger partial charge in [-0.25, -0.2) is 14.4 Å². The molecule has 6 N–H and O–H groups in total. The predicted octanol–water partition coefficient (Wildman–Crippen LogP) is 3.26. The van der Waals surface area contributed by atoms with Crippen LogP contribution >= 0.6 is 11.6 Å². The second kappa shape index (κ2) is 7.01. The van der Waals surface area contributed by atoms with Crippen LogP contribution in [0.4, 0.5) is 16.0 Å². The molecule has 0 spiro atoms. The maximum Gasteiger partial charge on any atom is 0.202 e. The number of aromatic nitrogens is 3. The van der Waals surface area contributed by atoms with E-state index in [-0.39, 0.29) is 22.1 Å². The second-order valence-electron chi connectivity index (χ2n) is 6.94. The molecule has 0 bridgehead atoms. The van der Waals surface area contributed by atoms with Gasteiger partial charge in [-0.2, -0.15) is 4.98 Å². The van der Waals surface area contributed by atoms with E-state index in [2.05, 4.69) is 20.3 Å². The Morgan fingerprint density at radius 2 is 2.21 bits per heavy atom. The smallest absolute Gasteiger partial charge is 0.202 e. The number of aromatic amines is 1. The van der Waals surface area contributed by atoms with Crippen molar-refractivity contribution in [1.29, 1.82) is 5.41 Å².